The minimum Gasteiger partial charge on any atom is -0.332 e. The van der Waals surface area contributed by atoms with Gasteiger partial charge in [-0.2, -0.15) is 0 Å². The molecule has 0 aliphatic carbocycles. The summed E-state index contributed by atoms with van der Waals surface area (Å²) < 4.78 is 13.4. The van der Waals surface area contributed by atoms with E-state index < -0.39 is 0 Å². The Balaban J connectivity index is 1.76. The molecule has 2 aromatic carbocycles. The summed E-state index contributed by atoms with van der Waals surface area (Å²) in [6.45, 7) is 5.41. The maximum atomic E-state index is 13.4. The highest BCUT2D eigenvalue weighted by Crippen LogP contribution is 2.20. The van der Waals surface area contributed by atoms with E-state index in [2.05, 4.69) is 6.92 Å². The average molecular weight is 479 g/mol. The number of carbonyl (C=O) groups excluding carboxylic acids is 2. The van der Waals surface area contributed by atoms with Crippen molar-refractivity contribution >= 4 is 29.2 Å². The highest BCUT2D eigenvalue weighted by Gasteiger charge is 2.21. The van der Waals surface area contributed by atoms with Gasteiger partial charge in [-0.25, -0.2) is 4.39 Å². The molecule has 0 saturated carbocycles. The van der Waals surface area contributed by atoms with Crippen LogP contribution in [-0.2, 0) is 22.7 Å². The third-order valence-corrected chi connectivity index (χ3v) is 6.59. The molecule has 0 unspecified atom stereocenters. The summed E-state index contributed by atoms with van der Waals surface area (Å²) in [4.78, 5) is 30.9. The average Bonchev–Trinajstić information content (AvgIpc) is 3.25. The molecule has 0 saturated heterocycles. The van der Waals surface area contributed by atoms with Crippen molar-refractivity contribution in [3.05, 3.63) is 99.5 Å². The maximum Gasteiger partial charge on any atom is 0.247 e. The van der Waals surface area contributed by atoms with Gasteiger partial charge in [0, 0.05) is 24.0 Å². The van der Waals surface area contributed by atoms with E-state index >= 15 is 0 Å². The zero-order valence-corrected chi connectivity index (χ0v) is 20.6. The molecule has 0 spiro atoms. The highest BCUT2D eigenvalue weighted by atomic mass is 32.1. The van der Waals surface area contributed by atoms with Crippen LogP contribution in [0, 0.1) is 12.7 Å². The molecule has 0 atom stereocenters. The summed E-state index contributed by atoms with van der Waals surface area (Å²) >= 11 is 1.61. The van der Waals surface area contributed by atoms with Gasteiger partial charge in [-0.05, 0) is 59.7 Å². The molecule has 0 fully saturated rings. The molecule has 1 heterocycles. The molecule has 34 heavy (non-hydrogen) atoms. The lowest BCUT2D eigenvalue weighted by Gasteiger charge is -2.27. The number of carbonyl (C=O) groups is 2. The lowest BCUT2D eigenvalue weighted by atomic mass is 10.2. The van der Waals surface area contributed by atoms with Gasteiger partial charge in [-0.3, -0.25) is 9.59 Å². The van der Waals surface area contributed by atoms with Crippen LogP contribution in [0.4, 0.5) is 4.39 Å². The zero-order chi connectivity index (χ0) is 24.3. The maximum absolute atomic E-state index is 13.4. The number of amides is 2. The summed E-state index contributed by atoms with van der Waals surface area (Å²) in [5.41, 5.74) is 2.91. The topological polar surface area (TPSA) is 40.6 Å². The van der Waals surface area contributed by atoms with Crippen molar-refractivity contribution in [3.8, 4) is 0 Å². The smallest absolute Gasteiger partial charge is 0.247 e. The largest absolute Gasteiger partial charge is 0.332 e. The van der Waals surface area contributed by atoms with E-state index in [4.69, 9.17) is 0 Å². The van der Waals surface area contributed by atoms with Crippen molar-refractivity contribution in [1.29, 1.82) is 0 Å². The number of benzene rings is 2. The molecule has 0 N–H and O–H groups in total. The Morgan fingerprint density at radius 1 is 0.971 bits per heavy atom. The zero-order valence-electron chi connectivity index (χ0n) is 19.7. The summed E-state index contributed by atoms with van der Waals surface area (Å²) in [5, 5.41) is 2.01. The van der Waals surface area contributed by atoms with Crippen LogP contribution in [0.15, 0.2) is 72.1 Å². The van der Waals surface area contributed by atoms with Crippen molar-refractivity contribution in [1.82, 2.24) is 9.80 Å². The second-order valence-corrected chi connectivity index (χ2v) is 9.26. The predicted molar refractivity (Wildman–Crippen MR) is 137 cm³/mol. The van der Waals surface area contributed by atoms with Gasteiger partial charge in [0.25, 0.3) is 0 Å². The molecule has 3 rings (SSSR count). The fraction of sp³-hybridized carbons (Fsp3) is 0.286. The molecule has 0 aliphatic heterocycles. The predicted octanol–water partition coefficient (Wildman–Crippen LogP) is 6.07. The number of thiophene rings is 1. The fourth-order valence-corrected chi connectivity index (χ4v) is 4.42. The Morgan fingerprint density at radius 2 is 1.71 bits per heavy atom. The van der Waals surface area contributed by atoms with Crippen LogP contribution in [0.25, 0.3) is 6.08 Å². The van der Waals surface area contributed by atoms with E-state index in [1.165, 1.54) is 18.2 Å². The molecule has 3 aromatic rings. The number of rotatable bonds is 11. The Kier molecular flexibility index (Phi) is 9.59. The van der Waals surface area contributed by atoms with Crippen LogP contribution in [0.5, 0.6) is 0 Å². The summed E-state index contributed by atoms with van der Waals surface area (Å²) in [5.74, 6) is -0.619. The molecule has 178 valence electrons. The normalized spacial score (nSPS) is 11.0. The van der Waals surface area contributed by atoms with Gasteiger partial charge in [0.1, 0.15) is 12.4 Å². The Morgan fingerprint density at radius 3 is 2.35 bits per heavy atom. The SMILES string of the molecule is CCCCN(CC(=O)N(Cc1ccc(F)cc1)Cc1sccc1C)C(=O)C=Cc1ccccc1. The molecule has 4 nitrogen and oxygen atoms in total. The molecule has 2 amide bonds. The number of halogens is 1. The second kappa shape index (κ2) is 12.8. The van der Waals surface area contributed by atoms with Crippen LogP contribution in [0.3, 0.4) is 0 Å². The van der Waals surface area contributed by atoms with Crippen molar-refractivity contribution in [3.63, 3.8) is 0 Å². The van der Waals surface area contributed by atoms with Crippen molar-refractivity contribution < 1.29 is 14.0 Å². The van der Waals surface area contributed by atoms with E-state index in [0.717, 1.165) is 34.4 Å². The number of unbranched alkanes of at least 4 members (excludes halogenated alkanes) is 1. The lowest BCUT2D eigenvalue weighted by molar-refractivity contribution is -0.139. The highest BCUT2D eigenvalue weighted by molar-refractivity contribution is 7.10. The van der Waals surface area contributed by atoms with Gasteiger partial charge in [-0.15, -0.1) is 11.3 Å². The second-order valence-electron chi connectivity index (χ2n) is 8.26. The van der Waals surface area contributed by atoms with Gasteiger partial charge in [0.2, 0.25) is 11.8 Å². The van der Waals surface area contributed by atoms with E-state index in [1.54, 1.807) is 39.3 Å². The van der Waals surface area contributed by atoms with Crippen molar-refractivity contribution in [2.75, 3.05) is 13.1 Å². The molecule has 0 bridgehead atoms. The van der Waals surface area contributed by atoms with Gasteiger partial charge in [0.15, 0.2) is 0 Å². The number of hydrogen-bond donors (Lipinski definition) is 0. The van der Waals surface area contributed by atoms with E-state index in [1.807, 2.05) is 48.7 Å². The van der Waals surface area contributed by atoms with Gasteiger partial charge in [-0.1, -0.05) is 55.8 Å². The number of aryl methyl sites for hydroxylation is 1. The monoisotopic (exact) mass is 478 g/mol. The van der Waals surface area contributed by atoms with Crippen LogP contribution >= 0.6 is 11.3 Å². The van der Waals surface area contributed by atoms with Crippen LogP contribution < -0.4 is 0 Å². The van der Waals surface area contributed by atoms with Crippen molar-refractivity contribution in [2.45, 2.75) is 39.8 Å². The van der Waals surface area contributed by atoms with Crippen LogP contribution in [0.2, 0.25) is 0 Å². The van der Waals surface area contributed by atoms with Crippen LogP contribution in [0.1, 0.15) is 41.3 Å². The minimum atomic E-state index is -0.308. The lowest BCUT2D eigenvalue weighted by Crippen LogP contribution is -2.42. The molecular weight excluding hydrogens is 447 g/mol. The van der Waals surface area contributed by atoms with E-state index in [0.29, 0.717) is 19.6 Å². The number of nitrogens with zero attached hydrogens (tertiary/aromatic N) is 2. The molecule has 1 aromatic heterocycles. The minimum absolute atomic E-state index is 0.00355. The first-order valence-electron chi connectivity index (χ1n) is 11.5. The Bertz CT molecular complexity index is 1090. The third kappa shape index (κ3) is 7.66. The fourth-order valence-electron chi connectivity index (χ4n) is 3.50. The van der Waals surface area contributed by atoms with Crippen molar-refractivity contribution in [2.24, 2.45) is 0 Å². The number of hydrogen-bond acceptors (Lipinski definition) is 3. The molecule has 6 heteroatoms. The quantitative estimate of drug-likeness (QED) is 0.314. The Labute approximate surface area is 205 Å². The van der Waals surface area contributed by atoms with Gasteiger partial charge in [0.05, 0.1) is 6.54 Å². The molecule has 0 radical (unpaired) electrons. The first-order chi connectivity index (χ1) is 16.5. The first kappa shape index (κ1) is 25.4. The van der Waals surface area contributed by atoms with E-state index in [9.17, 15) is 14.0 Å². The Hall–Kier alpha value is -3.25. The van der Waals surface area contributed by atoms with Crippen LogP contribution in [-0.4, -0.2) is 34.7 Å². The molecule has 0 aliphatic rings. The van der Waals surface area contributed by atoms with E-state index in [-0.39, 0.29) is 24.2 Å². The molecular formula is C28H31FN2O2S. The first-order valence-corrected chi connectivity index (χ1v) is 12.4. The van der Waals surface area contributed by atoms with Gasteiger partial charge < -0.3 is 9.80 Å². The summed E-state index contributed by atoms with van der Waals surface area (Å²) in [6, 6.07) is 17.9. The summed E-state index contributed by atoms with van der Waals surface area (Å²) in [6.07, 6.45) is 5.05. The summed E-state index contributed by atoms with van der Waals surface area (Å²) in [7, 11) is 0. The standard InChI is InChI=1S/C28H31FN2O2S/c1-3-4-17-30(27(32)15-12-23-8-6-5-7-9-23)21-28(33)31(20-26-22(2)16-18-34-26)19-24-10-13-25(29)14-11-24/h5-16,18H,3-4,17,19-21H2,1-2H3. The third-order valence-electron chi connectivity index (χ3n) is 5.58. The van der Waals surface area contributed by atoms with Gasteiger partial charge >= 0.3 is 0 Å².